The van der Waals surface area contributed by atoms with Crippen LogP contribution in [0.1, 0.15) is 32.4 Å². The summed E-state index contributed by atoms with van der Waals surface area (Å²) in [6, 6.07) is 31.2. The van der Waals surface area contributed by atoms with Crippen molar-refractivity contribution in [3.63, 3.8) is 0 Å². The summed E-state index contributed by atoms with van der Waals surface area (Å²) in [5.41, 5.74) is 5.96. The van der Waals surface area contributed by atoms with E-state index in [1.165, 1.54) is 33.8 Å². The van der Waals surface area contributed by atoms with Crippen LogP contribution in [0.2, 0.25) is 0 Å². The molecule has 6 rings (SSSR count). The normalized spacial score (nSPS) is 17.3. The number of carbonyl (C=O) groups is 3. The standard InChI is InChI=1S/C32H23N5O5S/c38-28-20-43-32(24-13-17-26(18-14-24)37(41)42)36(28)34-30(39)23-11-15-25(16-12-23)35-29(22-9-5-2-6-10-22)33-27(31(35)40)19-21-7-3-1-4-8-21/h1-19,32H,20H2,(H,34,39)/b27-19-. The number of benzene rings is 4. The summed E-state index contributed by atoms with van der Waals surface area (Å²) in [5, 5.41) is 11.7. The van der Waals surface area contributed by atoms with Crippen molar-refractivity contribution in [2.45, 2.75) is 5.37 Å². The molecular formula is C32H23N5O5S. The molecular weight excluding hydrogens is 566 g/mol. The lowest BCUT2D eigenvalue weighted by Gasteiger charge is -2.24. The number of nitro benzene ring substituents is 1. The molecule has 0 saturated carbocycles. The van der Waals surface area contributed by atoms with Crippen LogP contribution in [-0.4, -0.2) is 39.2 Å². The van der Waals surface area contributed by atoms with E-state index in [0.29, 0.717) is 17.1 Å². The largest absolute Gasteiger partial charge is 0.282 e. The van der Waals surface area contributed by atoms with Crippen molar-refractivity contribution in [3.05, 3.63) is 147 Å². The number of hydrogen-bond donors (Lipinski definition) is 1. The molecule has 2 aliphatic heterocycles. The lowest BCUT2D eigenvalue weighted by molar-refractivity contribution is -0.384. The fraction of sp³-hybridized carbons (Fsp3) is 0.0625. The van der Waals surface area contributed by atoms with E-state index in [4.69, 9.17) is 0 Å². The molecule has 4 aromatic carbocycles. The summed E-state index contributed by atoms with van der Waals surface area (Å²) in [4.78, 5) is 56.1. The summed E-state index contributed by atoms with van der Waals surface area (Å²) >= 11 is 1.31. The number of rotatable bonds is 7. The topological polar surface area (TPSA) is 125 Å². The molecule has 10 nitrogen and oxygen atoms in total. The zero-order valence-corrected chi connectivity index (χ0v) is 23.3. The fourth-order valence-corrected chi connectivity index (χ4v) is 5.84. The molecule has 1 atom stereocenters. The molecule has 1 fully saturated rings. The van der Waals surface area contributed by atoms with E-state index < -0.39 is 16.2 Å². The van der Waals surface area contributed by atoms with Gasteiger partial charge in [0.25, 0.3) is 23.4 Å². The van der Waals surface area contributed by atoms with Crippen LogP contribution < -0.4 is 10.3 Å². The van der Waals surface area contributed by atoms with Crippen LogP contribution in [0.25, 0.3) is 6.08 Å². The van der Waals surface area contributed by atoms with Crippen LogP contribution in [0.3, 0.4) is 0 Å². The maximum Gasteiger partial charge on any atom is 0.282 e. The number of thioether (sulfide) groups is 1. The molecule has 0 bridgehead atoms. The van der Waals surface area contributed by atoms with E-state index in [0.717, 1.165) is 11.1 Å². The van der Waals surface area contributed by atoms with Crippen LogP contribution in [0.15, 0.2) is 120 Å². The highest BCUT2D eigenvalue weighted by atomic mass is 32.2. The van der Waals surface area contributed by atoms with Crippen molar-refractivity contribution in [1.29, 1.82) is 0 Å². The molecule has 0 radical (unpaired) electrons. The van der Waals surface area contributed by atoms with E-state index in [1.807, 2.05) is 60.7 Å². The molecule has 2 heterocycles. The Morgan fingerprint density at radius 3 is 2.21 bits per heavy atom. The van der Waals surface area contributed by atoms with Crippen LogP contribution in [0.5, 0.6) is 0 Å². The number of amides is 3. The Morgan fingerprint density at radius 1 is 0.907 bits per heavy atom. The number of aliphatic imine (C=N–C) groups is 1. The molecule has 4 aromatic rings. The van der Waals surface area contributed by atoms with Gasteiger partial charge >= 0.3 is 0 Å². The molecule has 11 heteroatoms. The third kappa shape index (κ3) is 5.66. The molecule has 1 N–H and O–H groups in total. The number of nitrogens with one attached hydrogen (secondary N) is 1. The molecule has 3 amide bonds. The minimum atomic E-state index is -0.529. The van der Waals surface area contributed by atoms with Gasteiger partial charge in [-0.15, -0.1) is 11.8 Å². The highest BCUT2D eigenvalue weighted by Gasteiger charge is 2.35. The minimum Gasteiger partial charge on any atom is -0.272 e. The molecule has 43 heavy (non-hydrogen) atoms. The molecule has 0 aliphatic carbocycles. The van der Waals surface area contributed by atoms with E-state index >= 15 is 0 Å². The van der Waals surface area contributed by atoms with Gasteiger partial charge in [-0.1, -0.05) is 60.7 Å². The SMILES string of the molecule is O=C(NN1C(=O)CSC1c1ccc([N+](=O)[O-])cc1)c1ccc(N2C(=O)/C(=C/c3ccccc3)N=C2c2ccccc2)cc1. The van der Waals surface area contributed by atoms with Gasteiger partial charge in [-0.2, -0.15) is 0 Å². The number of nitrogens with zero attached hydrogens (tertiary/aromatic N) is 4. The average molecular weight is 590 g/mol. The number of anilines is 1. The summed E-state index contributed by atoms with van der Waals surface area (Å²) in [6.45, 7) is 0. The second kappa shape index (κ2) is 11.7. The Bertz CT molecular complexity index is 1770. The van der Waals surface area contributed by atoms with Crippen molar-refractivity contribution in [3.8, 4) is 0 Å². The van der Waals surface area contributed by atoms with Gasteiger partial charge in [0, 0.05) is 23.3 Å². The highest BCUT2D eigenvalue weighted by Crippen LogP contribution is 2.38. The monoisotopic (exact) mass is 589 g/mol. The van der Waals surface area contributed by atoms with Gasteiger partial charge in [-0.25, -0.2) is 10.0 Å². The van der Waals surface area contributed by atoms with E-state index in [1.54, 1.807) is 42.5 Å². The number of hydrazine groups is 1. The number of nitro groups is 1. The number of carbonyl (C=O) groups excluding carboxylic acids is 3. The van der Waals surface area contributed by atoms with Gasteiger partial charge in [0.05, 0.1) is 16.4 Å². The molecule has 1 saturated heterocycles. The van der Waals surface area contributed by atoms with Crippen LogP contribution in [0, 0.1) is 10.1 Å². The lowest BCUT2D eigenvalue weighted by atomic mass is 10.1. The first-order valence-corrected chi connectivity index (χ1v) is 14.3. The molecule has 2 aliphatic rings. The Labute approximate surface area is 250 Å². The van der Waals surface area contributed by atoms with Gasteiger partial charge in [0.2, 0.25) is 0 Å². The quantitative estimate of drug-likeness (QED) is 0.176. The summed E-state index contributed by atoms with van der Waals surface area (Å²) < 4.78 is 0. The van der Waals surface area contributed by atoms with Gasteiger partial charge in [0.1, 0.15) is 16.9 Å². The van der Waals surface area contributed by atoms with Crippen molar-refractivity contribution in [1.82, 2.24) is 10.4 Å². The molecule has 212 valence electrons. The lowest BCUT2D eigenvalue weighted by Crippen LogP contribution is -2.44. The maximum atomic E-state index is 13.6. The Balaban J connectivity index is 1.23. The third-order valence-corrected chi connectivity index (χ3v) is 8.07. The number of non-ortho nitro benzene ring substituents is 1. The molecule has 0 spiro atoms. The van der Waals surface area contributed by atoms with Crippen molar-refractivity contribution < 1.29 is 19.3 Å². The first-order valence-electron chi connectivity index (χ1n) is 13.2. The number of amidine groups is 1. The van der Waals surface area contributed by atoms with Crippen molar-refractivity contribution >= 4 is 52.8 Å². The van der Waals surface area contributed by atoms with Gasteiger partial charge in [-0.05, 0) is 53.6 Å². The van der Waals surface area contributed by atoms with E-state index in [2.05, 4.69) is 10.4 Å². The number of hydrogen-bond acceptors (Lipinski definition) is 7. The minimum absolute atomic E-state index is 0.0617. The Hall–Kier alpha value is -5.55. The molecule has 1 unspecified atom stereocenters. The summed E-state index contributed by atoms with van der Waals surface area (Å²) in [5.74, 6) is -0.481. The van der Waals surface area contributed by atoms with Crippen LogP contribution in [0.4, 0.5) is 11.4 Å². The maximum absolute atomic E-state index is 13.6. The first kappa shape index (κ1) is 27.6. The first-order chi connectivity index (χ1) is 20.9. The van der Waals surface area contributed by atoms with Gasteiger partial charge in [0.15, 0.2) is 0 Å². The Morgan fingerprint density at radius 2 is 1.56 bits per heavy atom. The van der Waals surface area contributed by atoms with Crippen molar-refractivity contribution in [2.24, 2.45) is 4.99 Å². The van der Waals surface area contributed by atoms with Crippen molar-refractivity contribution in [2.75, 3.05) is 10.7 Å². The fourth-order valence-electron chi connectivity index (χ4n) is 4.73. The zero-order chi connectivity index (χ0) is 29.9. The average Bonchev–Trinajstić information content (AvgIpc) is 3.56. The molecule has 0 aromatic heterocycles. The van der Waals surface area contributed by atoms with Gasteiger partial charge in [-0.3, -0.25) is 34.8 Å². The van der Waals surface area contributed by atoms with E-state index in [-0.39, 0.29) is 34.5 Å². The van der Waals surface area contributed by atoms with Crippen LogP contribution >= 0.6 is 11.8 Å². The predicted octanol–water partition coefficient (Wildman–Crippen LogP) is 5.35. The smallest absolute Gasteiger partial charge is 0.272 e. The highest BCUT2D eigenvalue weighted by molar-refractivity contribution is 8.00. The zero-order valence-electron chi connectivity index (χ0n) is 22.5. The second-order valence-corrected chi connectivity index (χ2v) is 10.7. The van der Waals surface area contributed by atoms with Crippen LogP contribution in [-0.2, 0) is 9.59 Å². The summed E-state index contributed by atoms with van der Waals surface area (Å²) in [7, 11) is 0. The predicted molar refractivity (Wildman–Crippen MR) is 164 cm³/mol. The van der Waals surface area contributed by atoms with E-state index in [9.17, 15) is 24.5 Å². The summed E-state index contributed by atoms with van der Waals surface area (Å²) in [6.07, 6.45) is 1.74. The second-order valence-electron chi connectivity index (χ2n) is 9.65. The Kier molecular flexibility index (Phi) is 7.54. The third-order valence-electron chi connectivity index (χ3n) is 6.86. The van der Waals surface area contributed by atoms with Gasteiger partial charge < -0.3 is 0 Å².